The third kappa shape index (κ3) is 3.53. The summed E-state index contributed by atoms with van der Waals surface area (Å²) in [6, 6.07) is 9.71. The van der Waals surface area contributed by atoms with Crippen molar-refractivity contribution in [2.75, 3.05) is 0 Å². The second-order valence-electron chi connectivity index (χ2n) is 3.39. The van der Waals surface area contributed by atoms with E-state index >= 15 is 0 Å². The topological polar surface area (TPSA) is 29.1 Å². The molecule has 5 heteroatoms. The fourth-order valence-corrected chi connectivity index (χ4v) is 2.91. The normalized spacial score (nSPS) is 10.2. The van der Waals surface area contributed by atoms with Gasteiger partial charge in [0.15, 0.2) is 0 Å². The van der Waals surface area contributed by atoms with E-state index in [9.17, 15) is 4.79 Å². The molecule has 0 saturated heterocycles. The quantitative estimate of drug-likeness (QED) is 0.744. The molecule has 1 aromatic heterocycles. The molecule has 2 nitrogen and oxygen atoms in total. The molecule has 0 saturated carbocycles. The molecule has 1 heterocycles. The molecule has 2 rings (SSSR count). The molecule has 0 aliphatic rings. The number of thiophene rings is 1. The highest BCUT2D eigenvalue weighted by Gasteiger charge is 2.10. The number of nitrogens with one attached hydrogen (secondary N) is 1. The zero-order valence-electron chi connectivity index (χ0n) is 8.74. The lowest BCUT2D eigenvalue weighted by molar-refractivity contribution is 0.0950. The molecular weight excluding hydrogens is 413 g/mol. The van der Waals surface area contributed by atoms with Gasteiger partial charge in [-0.05, 0) is 68.2 Å². The van der Waals surface area contributed by atoms with E-state index in [0.717, 1.165) is 12.9 Å². The van der Waals surface area contributed by atoms with Gasteiger partial charge >= 0.3 is 0 Å². The Kier molecular flexibility index (Phi) is 4.58. The Labute approximate surface area is 126 Å². The van der Waals surface area contributed by atoms with Gasteiger partial charge in [0.05, 0.1) is 12.1 Å². The molecule has 0 aliphatic carbocycles. The molecule has 17 heavy (non-hydrogen) atoms. The molecular formula is C12H9BrINOS. The third-order valence-corrected chi connectivity index (χ3v) is 4.42. The highest BCUT2D eigenvalue weighted by Crippen LogP contribution is 2.19. The van der Waals surface area contributed by atoms with Gasteiger partial charge in [-0.1, -0.05) is 6.07 Å². The molecule has 0 atom stereocenters. The van der Waals surface area contributed by atoms with Crippen molar-refractivity contribution in [2.45, 2.75) is 6.54 Å². The number of halogens is 2. The molecule has 1 amide bonds. The Bertz CT molecular complexity index is 527. The molecule has 0 spiro atoms. The molecule has 88 valence electrons. The summed E-state index contributed by atoms with van der Waals surface area (Å²) in [6.45, 7) is 0.578. The van der Waals surface area contributed by atoms with Gasteiger partial charge in [-0.2, -0.15) is 0 Å². The number of rotatable bonds is 3. The summed E-state index contributed by atoms with van der Waals surface area (Å²) in [4.78, 5) is 13.1. The van der Waals surface area contributed by atoms with Gasteiger partial charge in [0.25, 0.3) is 5.91 Å². The maximum Gasteiger partial charge on any atom is 0.252 e. The van der Waals surface area contributed by atoms with Gasteiger partial charge in [-0.3, -0.25) is 4.79 Å². The van der Waals surface area contributed by atoms with Gasteiger partial charge in [-0.25, -0.2) is 0 Å². The smallest absolute Gasteiger partial charge is 0.252 e. The molecule has 2 aromatic rings. The number of carbonyl (C=O) groups is 1. The number of amides is 1. The van der Waals surface area contributed by atoms with Crippen LogP contribution in [0.15, 0.2) is 40.2 Å². The van der Waals surface area contributed by atoms with Crippen LogP contribution in [0.1, 0.15) is 15.2 Å². The van der Waals surface area contributed by atoms with Crippen LogP contribution in [0.4, 0.5) is 0 Å². The van der Waals surface area contributed by atoms with Gasteiger partial charge in [-0.15, -0.1) is 11.3 Å². The minimum absolute atomic E-state index is 0.0520. The molecule has 0 aliphatic heterocycles. The van der Waals surface area contributed by atoms with Crippen LogP contribution in [-0.2, 0) is 6.54 Å². The van der Waals surface area contributed by atoms with E-state index in [4.69, 9.17) is 0 Å². The monoisotopic (exact) mass is 421 g/mol. The van der Waals surface area contributed by atoms with Crippen molar-refractivity contribution in [3.63, 3.8) is 0 Å². The Hall–Kier alpha value is -0.400. The fraction of sp³-hybridized carbons (Fsp3) is 0.0833. The van der Waals surface area contributed by atoms with Gasteiger partial charge in [0, 0.05) is 12.9 Å². The van der Waals surface area contributed by atoms with Crippen molar-refractivity contribution >= 4 is 55.8 Å². The lowest BCUT2D eigenvalue weighted by atomic mass is 10.2. The maximum atomic E-state index is 12.0. The van der Waals surface area contributed by atoms with E-state index in [2.05, 4.69) is 43.8 Å². The summed E-state index contributed by atoms with van der Waals surface area (Å²) >= 11 is 7.22. The van der Waals surface area contributed by atoms with E-state index in [1.54, 1.807) is 11.3 Å². The summed E-state index contributed by atoms with van der Waals surface area (Å²) < 4.78 is 1.87. The van der Waals surface area contributed by atoms with E-state index in [0.29, 0.717) is 12.1 Å². The van der Waals surface area contributed by atoms with Crippen molar-refractivity contribution < 1.29 is 4.79 Å². The summed E-state index contributed by atoms with van der Waals surface area (Å²) in [5.74, 6) is -0.0520. The van der Waals surface area contributed by atoms with E-state index in [1.165, 1.54) is 0 Å². The van der Waals surface area contributed by atoms with Crippen molar-refractivity contribution in [1.82, 2.24) is 5.32 Å². The number of hydrogen-bond donors (Lipinski definition) is 1. The number of carbonyl (C=O) groups excluding carboxylic acids is 1. The largest absolute Gasteiger partial charge is 0.347 e. The highest BCUT2D eigenvalue weighted by atomic mass is 127. The molecule has 0 radical (unpaired) electrons. The van der Waals surface area contributed by atoms with Crippen molar-refractivity contribution in [2.24, 2.45) is 0 Å². The van der Waals surface area contributed by atoms with Crippen molar-refractivity contribution in [1.29, 1.82) is 0 Å². The van der Waals surface area contributed by atoms with Crippen LogP contribution in [0, 0.1) is 3.57 Å². The third-order valence-electron chi connectivity index (χ3n) is 2.18. The molecule has 1 aromatic carbocycles. The fourth-order valence-electron chi connectivity index (χ4n) is 1.35. The second kappa shape index (κ2) is 5.97. The van der Waals surface area contributed by atoms with Crippen LogP contribution in [-0.4, -0.2) is 5.91 Å². The predicted molar refractivity (Wildman–Crippen MR) is 82.3 cm³/mol. The van der Waals surface area contributed by atoms with E-state index in [1.807, 2.05) is 35.7 Å². The lowest BCUT2D eigenvalue weighted by Gasteiger charge is -2.06. The molecule has 0 fully saturated rings. The van der Waals surface area contributed by atoms with Crippen LogP contribution < -0.4 is 5.32 Å². The van der Waals surface area contributed by atoms with Gasteiger partial charge in [0.1, 0.15) is 0 Å². The van der Waals surface area contributed by atoms with Crippen molar-refractivity contribution in [3.05, 3.63) is 54.2 Å². The van der Waals surface area contributed by atoms with Crippen LogP contribution >= 0.6 is 49.9 Å². The first-order valence-electron chi connectivity index (χ1n) is 4.92. The SMILES string of the molecule is O=C(NCc1cccs1)c1cc(I)ccc1Br. The zero-order valence-corrected chi connectivity index (χ0v) is 13.3. The number of benzene rings is 1. The zero-order chi connectivity index (χ0) is 12.3. The molecule has 0 unspecified atom stereocenters. The molecule has 1 N–H and O–H groups in total. The average molecular weight is 422 g/mol. The van der Waals surface area contributed by atoms with Crippen LogP contribution in [0.2, 0.25) is 0 Å². The average Bonchev–Trinajstić information content (AvgIpc) is 2.82. The first kappa shape index (κ1) is 13.0. The summed E-state index contributed by atoms with van der Waals surface area (Å²) in [5, 5.41) is 4.91. The predicted octanol–water partition coefficient (Wildman–Crippen LogP) is 4.05. The summed E-state index contributed by atoms with van der Waals surface area (Å²) in [5.41, 5.74) is 0.674. The van der Waals surface area contributed by atoms with Crippen molar-refractivity contribution in [3.8, 4) is 0 Å². The Morgan fingerprint density at radius 2 is 2.24 bits per heavy atom. The van der Waals surface area contributed by atoms with Gasteiger partial charge < -0.3 is 5.32 Å². The Balaban J connectivity index is 2.07. The standard InChI is InChI=1S/C12H9BrINOS/c13-11-4-3-8(14)6-10(11)12(16)15-7-9-2-1-5-17-9/h1-6H,7H2,(H,15,16). The first-order chi connectivity index (χ1) is 8.16. The summed E-state index contributed by atoms with van der Waals surface area (Å²) in [6.07, 6.45) is 0. The first-order valence-corrected chi connectivity index (χ1v) is 7.67. The van der Waals surface area contributed by atoms with Gasteiger partial charge in [0.2, 0.25) is 0 Å². The van der Waals surface area contributed by atoms with Crippen LogP contribution in [0.3, 0.4) is 0 Å². The Morgan fingerprint density at radius 3 is 2.94 bits per heavy atom. The minimum atomic E-state index is -0.0520. The molecule has 0 bridgehead atoms. The highest BCUT2D eigenvalue weighted by molar-refractivity contribution is 14.1. The van der Waals surface area contributed by atoms with E-state index in [-0.39, 0.29) is 5.91 Å². The van der Waals surface area contributed by atoms with Crippen LogP contribution in [0.25, 0.3) is 0 Å². The van der Waals surface area contributed by atoms with Crippen LogP contribution in [0.5, 0.6) is 0 Å². The summed E-state index contributed by atoms with van der Waals surface area (Å²) in [7, 11) is 0. The lowest BCUT2D eigenvalue weighted by Crippen LogP contribution is -2.22. The minimum Gasteiger partial charge on any atom is -0.347 e. The second-order valence-corrected chi connectivity index (χ2v) is 6.52. The van der Waals surface area contributed by atoms with E-state index < -0.39 is 0 Å². The Morgan fingerprint density at radius 1 is 1.41 bits per heavy atom. The maximum absolute atomic E-state index is 12.0. The number of hydrogen-bond acceptors (Lipinski definition) is 2.